The van der Waals surface area contributed by atoms with Crippen LogP contribution >= 0.6 is 22.9 Å². The van der Waals surface area contributed by atoms with Crippen LogP contribution < -0.4 is 5.73 Å². The predicted octanol–water partition coefficient (Wildman–Crippen LogP) is 3.49. The molecule has 5 heteroatoms. The normalized spacial score (nSPS) is 12.7. The van der Waals surface area contributed by atoms with Gasteiger partial charge in [-0.05, 0) is 25.0 Å². The lowest BCUT2D eigenvalue weighted by molar-refractivity contribution is 0.623. The van der Waals surface area contributed by atoms with E-state index in [1.807, 2.05) is 6.92 Å². The van der Waals surface area contributed by atoms with Gasteiger partial charge in [0.25, 0.3) is 0 Å². The molecule has 1 aromatic carbocycles. The molecule has 2 N–H and O–H groups in total. The second kappa shape index (κ2) is 5.12. The van der Waals surface area contributed by atoms with Crippen molar-refractivity contribution >= 4 is 22.9 Å². The number of hydrogen-bond acceptors (Lipinski definition) is 3. The smallest absolute Gasteiger partial charge is 0.142 e. The summed E-state index contributed by atoms with van der Waals surface area (Å²) >= 11 is 7.41. The Bertz CT molecular complexity index is 527. The van der Waals surface area contributed by atoms with Gasteiger partial charge in [0.1, 0.15) is 5.82 Å². The molecule has 0 aliphatic heterocycles. The number of aryl methyl sites for hydroxylation is 1. The Labute approximate surface area is 108 Å². The van der Waals surface area contributed by atoms with E-state index in [4.69, 9.17) is 17.3 Å². The third-order valence-electron chi connectivity index (χ3n) is 2.59. The molecular weight excluding hydrogens is 259 g/mol. The van der Waals surface area contributed by atoms with Crippen molar-refractivity contribution in [2.75, 3.05) is 0 Å². The van der Waals surface area contributed by atoms with E-state index in [-0.39, 0.29) is 11.1 Å². The van der Waals surface area contributed by atoms with E-state index in [9.17, 15) is 4.39 Å². The minimum absolute atomic E-state index is 0.158. The number of nitrogens with zero attached hydrogens (tertiary/aromatic N) is 1. The van der Waals surface area contributed by atoms with Gasteiger partial charge < -0.3 is 5.73 Å². The molecule has 0 fully saturated rings. The van der Waals surface area contributed by atoms with Gasteiger partial charge in [-0.2, -0.15) is 0 Å². The first-order valence-electron chi connectivity index (χ1n) is 5.18. The van der Waals surface area contributed by atoms with Gasteiger partial charge in [-0.3, -0.25) is 0 Å². The van der Waals surface area contributed by atoms with Crippen LogP contribution in [0.1, 0.15) is 22.2 Å². The molecule has 0 amide bonds. The summed E-state index contributed by atoms with van der Waals surface area (Å²) in [6.07, 6.45) is 0.514. The highest BCUT2D eigenvalue weighted by Crippen LogP contribution is 2.27. The monoisotopic (exact) mass is 270 g/mol. The van der Waals surface area contributed by atoms with Crippen molar-refractivity contribution in [1.29, 1.82) is 0 Å². The average molecular weight is 271 g/mol. The van der Waals surface area contributed by atoms with Gasteiger partial charge in [-0.15, -0.1) is 11.3 Å². The maximum Gasteiger partial charge on any atom is 0.142 e. The fourth-order valence-electron chi connectivity index (χ4n) is 1.70. The first-order chi connectivity index (χ1) is 8.09. The predicted molar refractivity (Wildman–Crippen MR) is 68.9 cm³/mol. The molecule has 17 heavy (non-hydrogen) atoms. The van der Waals surface area contributed by atoms with E-state index in [2.05, 4.69) is 4.98 Å². The van der Waals surface area contributed by atoms with Crippen LogP contribution in [-0.4, -0.2) is 4.98 Å². The summed E-state index contributed by atoms with van der Waals surface area (Å²) in [5, 5.41) is 0.158. The van der Waals surface area contributed by atoms with Crippen LogP contribution in [0.2, 0.25) is 5.02 Å². The van der Waals surface area contributed by atoms with E-state index in [0.717, 1.165) is 16.1 Å². The first-order valence-corrected chi connectivity index (χ1v) is 6.44. The van der Waals surface area contributed by atoms with E-state index < -0.39 is 5.82 Å². The van der Waals surface area contributed by atoms with Crippen molar-refractivity contribution in [3.8, 4) is 0 Å². The van der Waals surface area contributed by atoms with E-state index >= 15 is 0 Å². The number of halogens is 2. The molecule has 0 aliphatic rings. The number of thiazole rings is 1. The summed E-state index contributed by atoms with van der Waals surface area (Å²) in [4.78, 5) is 5.17. The van der Waals surface area contributed by atoms with Crippen LogP contribution in [0.3, 0.4) is 0 Å². The molecule has 0 saturated heterocycles. The molecule has 1 aromatic heterocycles. The minimum Gasteiger partial charge on any atom is -0.323 e. The van der Waals surface area contributed by atoms with Crippen molar-refractivity contribution in [3.63, 3.8) is 0 Å². The zero-order valence-corrected chi connectivity index (χ0v) is 10.9. The van der Waals surface area contributed by atoms with Crippen molar-refractivity contribution in [1.82, 2.24) is 4.98 Å². The number of aromatic nitrogens is 1. The fraction of sp³-hybridized carbons (Fsp3) is 0.250. The lowest BCUT2D eigenvalue weighted by Gasteiger charge is -2.12. The van der Waals surface area contributed by atoms with E-state index in [1.54, 1.807) is 17.6 Å². The topological polar surface area (TPSA) is 38.9 Å². The van der Waals surface area contributed by atoms with Crippen LogP contribution in [0.4, 0.5) is 4.39 Å². The molecule has 0 saturated carbocycles. The lowest BCUT2D eigenvalue weighted by Crippen LogP contribution is -2.13. The van der Waals surface area contributed by atoms with E-state index in [1.165, 1.54) is 17.4 Å². The van der Waals surface area contributed by atoms with Crippen molar-refractivity contribution < 1.29 is 4.39 Å². The Hall–Kier alpha value is -0.970. The molecule has 2 nitrogen and oxygen atoms in total. The molecule has 0 bridgehead atoms. The molecule has 1 atom stereocenters. The second-order valence-electron chi connectivity index (χ2n) is 3.83. The van der Waals surface area contributed by atoms with Crippen LogP contribution in [0.15, 0.2) is 23.7 Å². The maximum absolute atomic E-state index is 13.3. The SMILES string of the molecule is Cc1ncsc1C(N)Cc1cccc(F)c1Cl. The Morgan fingerprint density at radius 1 is 1.53 bits per heavy atom. The van der Waals surface area contributed by atoms with Gasteiger partial charge in [0.15, 0.2) is 0 Å². The van der Waals surface area contributed by atoms with Crippen molar-refractivity contribution in [3.05, 3.63) is 50.7 Å². The number of hydrogen-bond donors (Lipinski definition) is 1. The second-order valence-corrected chi connectivity index (χ2v) is 5.09. The number of nitrogens with two attached hydrogens (primary N) is 1. The Morgan fingerprint density at radius 2 is 2.29 bits per heavy atom. The summed E-state index contributed by atoms with van der Waals surface area (Å²) in [6, 6.07) is 4.58. The quantitative estimate of drug-likeness (QED) is 0.927. The summed E-state index contributed by atoms with van der Waals surface area (Å²) in [7, 11) is 0. The van der Waals surface area contributed by atoms with Gasteiger partial charge in [0, 0.05) is 10.9 Å². The zero-order valence-electron chi connectivity index (χ0n) is 9.28. The minimum atomic E-state index is -0.405. The molecule has 0 radical (unpaired) electrons. The van der Waals surface area contributed by atoms with Gasteiger partial charge in [0.2, 0.25) is 0 Å². The van der Waals surface area contributed by atoms with Crippen LogP contribution in [-0.2, 0) is 6.42 Å². The van der Waals surface area contributed by atoms with E-state index in [0.29, 0.717) is 6.42 Å². The summed E-state index contributed by atoms with van der Waals surface area (Å²) in [5.74, 6) is -0.405. The summed E-state index contributed by atoms with van der Waals surface area (Å²) in [6.45, 7) is 1.92. The summed E-state index contributed by atoms with van der Waals surface area (Å²) < 4.78 is 13.3. The maximum atomic E-state index is 13.3. The molecule has 0 spiro atoms. The largest absolute Gasteiger partial charge is 0.323 e. The Morgan fingerprint density at radius 3 is 2.94 bits per heavy atom. The standard InChI is InChI=1S/C12H12ClFN2S/c1-7-12(17-6-16-7)10(15)5-8-3-2-4-9(14)11(8)13/h2-4,6,10H,5,15H2,1H3. The number of benzene rings is 1. The van der Waals surface area contributed by atoms with Gasteiger partial charge in [0.05, 0.1) is 16.2 Å². The Balaban J connectivity index is 2.22. The highest BCUT2D eigenvalue weighted by molar-refractivity contribution is 7.09. The molecular formula is C12H12ClFN2S. The van der Waals surface area contributed by atoms with Crippen LogP contribution in [0, 0.1) is 12.7 Å². The third-order valence-corrected chi connectivity index (χ3v) is 4.08. The molecule has 2 rings (SSSR count). The summed E-state index contributed by atoms with van der Waals surface area (Å²) in [5.41, 5.74) is 9.50. The third kappa shape index (κ3) is 2.65. The molecule has 2 aromatic rings. The number of rotatable bonds is 3. The first kappa shape index (κ1) is 12.5. The van der Waals surface area contributed by atoms with Crippen molar-refractivity contribution in [2.45, 2.75) is 19.4 Å². The fourth-order valence-corrected chi connectivity index (χ4v) is 2.71. The van der Waals surface area contributed by atoms with Crippen LogP contribution in [0.5, 0.6) is 0 Å². The Kier molecular flexibility index (Phi) is 3.76. The average Bonchev–Trinajstić information content (AvgIpc) is 2.71. The van der Waals surface area contributed by atoms with Gasteiger partial charge >= 0.3 is 0 Å². The molecule has 1 unspecified atom stereocenters. The highest BCUT2D eigenvalue weighted by Gasteiger charge is 2.15. The van der Waals surface area contributed by atoms with Gasteiger partial charge in [-0.25, -0.2) is 9.37 Å². The van der Waals surface area contributed by atoms with Gasteiger partial charge in [-0.1, -0.05) is 23.7 Å². The molecule has 0 aliphatic carbocycles. The highest BCUT2D eigenvalue weighted by atomic mass is 35.5. The molecule has 90 valence electrons. The van der Waals surface area contributed by atoms with Crippen LogP contribution in [0.25, 0.3) is 0 Å². The lowest BCUT2D eigenvalue weighted by atomic mass is 10.0. The molecule has 1 heterocycles. The zero-order chi connectivity index (χ0) is 12.4. The van der Waals surface area contributed by atoms with Crippen molar-refractivity contribution in [2.24, 2.45) is 5.73 Å².